The van der Waals surface area contributed by atoms with Crippen LogP contribution >= 0.6 is 0 Å². The van der Waals surface area contributed by atoms with Crippen molar-refractivity contribution in [2.75, 3.05) is 0 Å². The molecule has 0 aliphatic heterocycles. The molecule has 16 heavy (non-hydrogen) atoms. The van der Waals surface area contributed by atoms with Crippen molar-refractivity contribution in [1.29, 1.82) is 0 Å². The smallest absolute Gasteiger partial charge is 0.323 e. The van der Waals surface area contributed by atoms with Gasteiger partial charge in [0.15, 0.2) is 0 Å². The lowest BCUT2D eigenvalue weighted by atomic mass is 10.2. The molecule has 0 radical (unpaired) electrons. The van der Waals surface area contributed by atoms with E-state index in [0.717, 1.165) is 0 Å². The van der Waals surface area contributed by atoms with Crippen LogP contribution in [0.5, 0.6) is 5.75 Å². The third-order valence-electron chi connectivity index (χ3n) is 2.10. The fraction of sp³-hybridized carbons (Fsp3) is 0.400. The number of aliphatic hydroxyl groups excluding tert-OH is 1. The molecule has 0 aromatic carbocycles. The molecular formula is C10H14N2O4. The summed E-state index contributed by atoms with van der Waals surface area (Å²) >= 11 is 0. The van der Waals surface area contributed by atoms with Gasteiger partial charge in [0.05, 0.1) is 11.8 Å². The molecule has 1 aromatic heterocycles. The predicted molar refractivity (Wildman–Crippen MR) is 55.8 cm³/mol. The number of aliphatic hydroxyl groups is 1. The molecule has 1 heterocycles. The number of aromatic hydroxyl groups is 1. The zero-order valence-electron chi connectivity index (χ0n) is 8.79. The number of carbonyl (C=O) groups is 1. The highest BCUT2D eigenvalue weighted by molar-refractivity contribution is 5.74. The van der Waals surface area contributed by atoms with E-state index in [1.54, 1.807) is 6.07 Å². The fourth-order valence-corrected chi connectivity index (χ4v) is 1.24. The maximum absolute atomic E-state index is 10.7. The molecule has 0 saturated carbocycles. The maximum atomic E-state index is 10.7. The quantitative estimate of drug-likeness (QED) is 0.550. The minimum absolute atomic E-state index is 0.00951. The number of hydrogen-bond donors (Lipinski definition) is 4. The van der Waals surface area contributed by atoms with Gasteiger partial charge >= 0.3 is 5.97 Å². The Morgan fingerprint density at radius 3 is 2.81 bits per heavy atom. The van der Waals surface area contributed by atoms with Gasteiger partial charge in [-0.1, -0.05) is 0 Å². The summed E-state index contributed by atoms with van der Waals surface area (Å²) in [5.41, 5.74) is 0.342. The summed E-state index contributed by atoms with van der Waals surface area (Å²) in [5, 5.41) is 30.0. The van der Waals surface area contributed by atoms with Crippen molar-refractivity contribution in [3.63, 3.8) is 0 Å². The van der Waals surface area contributed by atoms with Crippen molar-refractivity contribution in [3.05, 3.63) is 24.0 Å². The first-order valence-electron chi connectivity index (χ1n) is 4.79. The second-order valence-corrected chi connectivity index (χ2v) is 3.41. The molecule has 2 atom stereocenters. The van der Waals surface area contributed by atoms with E-state index in [0.29, 0.717) is 5.69 Å². The molecular weight excluding hydrogens is 212 g/mol. The summed E-state index contributed by atoms with van der Waals surface area (Å²) < 4.78 is 0. The minimum atomic E-state index is -1.15. The Balaban J connectivity index is 2.63. The van der Waals surface area contributed by atoms with Crippen molar-refractivity contribution in [2.45, 2.75) is 25.6 Å². The lowest BCUT2D eigenvalue weighted by Gasteiger charge is -2.16. The first kappa shape index (κ1) is 12.4. The minimum Gasteiger partial charge on any atom is -0.506 e. The van der Waals surface area contributed by atoms with E-state index < -0.39 is 18.1 Å². The van der Waals surface area contributed by atoms with Crippen LogP contribution < -0.4 is 5.32 Å². The Bertz CT molecular complexity index is 368. The van der Waals surface area contributed by atoms with Crippen LogP contribution in [0.3, 0.4) is 0 Å². The predicted octanol–water partition coefficient (Wildman–Crippen LogP) is -0.289. The van der Waals surface area contributed by atoms with Gasteiger partial charge in [-0.25, -0.2) is 0 Å². The van der Waals surface area contributed by atoms with Crippen molar-refractivity contribution in [3.8, 4) is 5.75 Å². The Morgan fingerprint density at radius 2 is 2.31 bits per heavy atom. The number of hydrogen-bond acceptors (Lipinski definition) is 5. The third kappa shape index (κ3) is 3.18. The first-order valence-corrected chi connectivity index (χ1v) is 4.79. The highest BCUT2D eigenvalue weighted by Gasteiger charge is 2.22. The normalized spacial score (nSPS) is 14.4. The Kier molecular flexibility index (Phi) is 4.21. The number of carboxylic acid groups (broad SMARTS) is 1. The number of carboxylic acids is 1. The summed E-state index contributed by atoms with van der Waals surface area (Å²) in [6.45, 7) is 1.46. The second-order valence-electron chi connectivity index (χ2n) is 3.41. The van der Waals surface area contributed by atoms with Crippen LogP contribution in [0.2, 0.25) is 0 Å². The van der Waals surface area contributed by atoms with Gasteiger partial charge in [-0.05, 0) is 19.1 Å². The zero-order valence-corrected chi connectivity index (χ0v) is 8.79. The van der Waals surface area contributed by atoms with Crippen LogP contribution in [-0.4, -0.2) is 38.4 Å². The molecule has 0 aliphatic rings. The van der Waals surface area contributed by atoms with Crippen LogP contribution in [0.4, 0.5) is 0 Å². The molecule has 0 aliphatic carbocycles. The largest absolute Gasteiger partial charge is 0.506 e. The molecule has 88 valence electrons. The van der Waals surface area contributed by atoms with Gasteiger partial charge in [-0.15, -0.1) is 0 Å². The van der Waals surface area contributed by atoms with Gasteiger partial charge in [0, 0.05) is 12.7 Å². The number of aliphatic carboxylic acids is 1. The lowest BCUT2D eigenvalue weighted by Crippen LogP contribution is -2.44. The third-order valence-corrected chi connectivity index (χ3v) is 2.10. The van der Waals surface area contributed by atoms with E-state index in [9.17, 15) is 15.0 Å². The molecule has 0 spiro atoms. The topological polar surface area (TPSA) is 103 Å². The molecule has 0 saturated heterocycles. The molecule has 4 N–H and O–H groups in total. The van der Waals surface area contributed by atoms with Crippen molar-refractivity contribution >= 4 is 5.97 Å². The molecule has 0 amide bonds. The molecule has 6 nitrogen and oxygen atoms in total. The highest BCUT2D eigenvalue weighted by Crippen LogP contribution is 2.12. The molecule has 6 heteroatoms. The molecule has 1 aromatic rings. The Morgan fingerprint density at radius 1 is 1.62 bits per heavy atom. The SMILES string of the molecule is C[C@@H](O)[C@H](NCc1ncccc1O)C(=O)O. The average Bonchev–Trinajstić information content (AvgIpc) is 2.20. The van der Waals surface area contributed by atoms with E-state index in [2.05, 4.69) is 10.3 Å². The number of aromatic nitrogens is 1. The monoisotopic (exact) mass is 226 g/mol. The first-order chi connectivity index (χ1) is 7.52. The summed E-state index contributed by atoms with van der Waals surface area (Å²) in [5.74, 6) is -1.16. The van der Waals surface area contributed by atoms with Crippen LogP contribution in [-0.2, 0) is 11.3 Å². The zero-order chi connectivity index (χ0) is 12.1. The Labute approximate surface area is 92.6 Å². The number of pyridine rings is 1. The maximum Gasteiger partial charge on any atom is 0.323 e. The Hall–Kier alpha value is -1.66. The standard InChI is InChI=1S/C10H14N2O4/c1-6(13)9(10(15)16)12-5-7-8(14)3-2-4-11-7/h2-4,6,9,12-14H,5H2,1H3,(H,15,16)/t6-,9+/m1/s1. The van der Waals surface area contributed by atoms with Gasteiger partial charge < -0.3 is 15.3 Å². The van der Waals surface area contributed by atoms with Crippen LogP contribution in [0, 0.1) is 0 Å². The fourth-order valence-electron chi connectivity index (χ4n) is 1.24. The van der Waals surface area contributed by atoms with E-state index >= 15 is 0 Å². The van der Waals surface area contributed by atoms with Gasteiger partial charge in [0.2, 0.25) is 0 Å². The number of rotatable bonds is 5. The van der Waals surface area contributed by atoms with Gasteiger partial charge in [-0.3, -0.25) is 15.1 Å². The summed E-state index contributed by atoms with van der Waals surface area (Å²) in [7, 11) is 0. The van der Waals surface area contributed by atoms with Gasteiger partial charge in [0.1, 0.15) is 11.8 Å². The van der Waals surface area contributed by atoms with Crippen LogP contribution in [0.25, 0.3) is 0 Å². The molecule has 0 unspecified atom stereocenters. The van der Waals surface area contributed by atoms with E-state index in [1.807, 2.05) is 0 Å². The summed E-state index contributed by atoms with van der Waals surface area (Å²) in [6.07, 6.45) is 0.470. The lowest BCUT2D eigenvalue weighted by molar-refractivity contribution is -0.142. The van der Waals surface area contributed by atoms with Gasteiger partial charge in [-0.2, -0.15) is 0 Å². The van der Waals surface area contributed by atoms with Crippen LogP contribution in [0.1, 0.15) is 12.6 Å². The van der Waals surface area contributed by atoms with Crippen molar-refractivity contribution < 1.29 is 20.1 Å². The van der Waals surface area contributed by atoms with E-state index in [1.165, 1.54) is 19.2 Å². The average molecular weight is 226 g/mol. The van der Waals surface area contributed by atoms with Crippen molar-refractivity contribution in [1.82, 2.24) is 10.3 Å². The number of nitrogens with zero attached hydrogens (tertiary/aromatic N) is 1. The van der Waals surface area contributed by atoms with Crippen molar-refractivity contribution in [2.24, 2.45) is 0 Å². The molecule has 0 bridgehead atoms. The van der Waals surface area contributed by atoms with E-state index in [-0.39, 0.29) is 12.3 Å². The summed E-state index contributed by atoms with van der Waals surface area (Å²) in [6, 6.07) is 1.95. The second kappa shape index (κ2) is 5.43. The molecule has 1 rings (SSSR count). The molecule has 0 fully saturated rings. The number of nitrogens with one attached hydrogen (secondary N) is 1. The summed E-state index contributed by atoms with van der Waals surface area (Å²) in [4.78, 5) is 14.6. The highest BCUT2D eigenvalue weighted by atomic mass is 16.4. The van der Waals surface area contributed by atoms with Gasteiger partial charge in [0.25, 0.3) is 0 Å². The van der Waals surface area contributed by atoms with Crippen LogP contribution in [0.15, 0.2) is 18.3 Å². The van der Waals surface area contributed by atoms with E-state index in [4.69, 9.17) is 5.11 Å².